The van der Waals surface area contributed by atoms with Crippen LogP contribution in [0.4, 0.5) is 11.5 Å². The van der Waals surface area contributed by atoms with Crippen LogP contribution in [0.2, 0.25) is 0 Å². The molecule has 8 nitrogen and oxygen atoms in total. The molecular formula is C13H15N5O3S. The Hall–Kier alpha value is -2.29. The molecule has 0 aromatic carbocycles. The molecule has 0 saturated carbocycles. The Morgan fingerprint density at radius 3 is 2.73 bits per heavy atom. The molecule has 0 aliphatic carbocycles. The minimum absolute atomic E-state index is 0.151. The average Bonchev–Trinajstić information content (AvgIpc) is 2.66. The van der Waals surface area contributed by atoms with Crippen LogP contribution in [0.25, 0.3) is 0 Å². The van der Waals surface area contributed by atoms with Crippen molar-refractivity contribution in [2.75, 3.05) is 18.0 Å². The van der Waals surface area contributed by atoms with Crippen LogP contribution < -0.4 is 10.5 Å². The molecule has 9 heteroatoms. The van der Waals surface area contributed by atoms with Crippen molar-refractivity contribution in [2.24, 2.45) is 0 Å². The molecule has 0 radical (unpaired) electrons. The standard InChI is InChI=1S/C13H15N5O3S/c1-7-14-12(11(18(20)21)13(19)15-7)17-5-3-9-10(4-6-17)22-8(2)16-9/h3-6H2,1-2H3,(H,14,15,19). The summed E-state index contributed by atoms with van der Waals surface area (Å²) in [6.07, 6.45) is 1.45. The summed E-state index contributed by atoms with van der Waals surface area (Å²) >= 11 is 1.66. The van der Waals surface area contributed by atoms with Crippen LogP contribution in [-0.2, 0) is 12.8 Å². The highest BCUT2D eigenvalue weighted by molar-refractivity contribution is 7.11. The SMILES string of the molecule is Cc1nc(N2CCc3nc(C)sc3CC2)c([N+](=O)[O-])c(=O)[nH]1. The Morgan fingerprint density at radius 1 is 1.27 bits per heavy atom. The molecule has 0 bridgehead atoms. The molecule has 0 unspecified atom stereocenters. The summed E-state index contributed by atoms with van der Waals surface area (Å²) in [5.74, 6) is 0.525. The van der Waals surface area contributed by atoms with Crippen molar-refractivity contribution < 1.29 is 4.92 Å². The van der Waals surface area contributed by atoms with Gasteiger partial charge in [0.25, 0.3) is 0 Å². The Labute approximate surface area is 130 Å². The topological polar surface area (TPSA) is 105 Å². The van der Waals surface area contributed by atoms with E-state index >= 15 is 0 Å². The lowest BCUT2D eigenvalue weighted by Gasteiger charge is -2.20. The molecule has 0 atom stereocenters. The summed E-state index contributed by atoms with van der Waals surface area (Å²) in [6, 6.07) is 0. The van der Waals surface area contributed by atoms with Gasteiger partial charge in [0.15, 0.2) is 0 Å². The van der Waals surface area contributed by atoms with E-state index in [1.54, 1.807) is 18.3 Å². The van der Waals surface area contributed by atoms with Crippen molar-refractivity contribution in [3.05, 3.63) is 41.9 Å². The van der Waals surface area contributed by atoms with Crippen molar-refractivity contribution in [2.45, 2.75) is 26.7 Å². The van der Waals surface area contributed by atoms with Gasteiger partial charge in [-0.15, -0.1) is 11.3 Å². The summed E-state index contributed by atoms with van der Waals surface area (Å²) < 4.78 is 0. The number of rotatable bonds is 2. The van der Waals surface area contributed by atoms with Gasteiger partial charge in [0, 0.05) is 30.8 Å². The van der Waals surface area contributed by atoms with Crippen molar-refractivity contribution >= 4 is 22.8 Å². The van der Waals surface area contributed by atoms with Crippen LogP contribution in [0.5, 0.6) is 0 Å². The zero-order valence-corrected chi connectivity index (χ0v) is 13.1. The van der Waals surface area contributed by atoms with E-state index in [0.717, 1.165) is 17.1 Å². The number of nitrogens with one attached hydrogen (secondary N) is 1. The van der Waals surface area contributed by atoms with Crippen molar-refractivity contribution in [3.63, 3.8) is 0 Å². The van der Waals surface area contributed by atoms with Gasteiger partial charge in [0.2, 0.25) is 5.82 Å². The number of aryl methyl sites for hydroxylation is 2. The monoisotopic (exact) mass is 321 g/mol. The van der Waals surface area contributed by atoms with E-state index < -0.39 is 16.2 Å². The van der Waals surface area contributed by atoms with Gasteiger partial charge in [-0.1, -0.05) is 0 Å². The fourth-order valence-corrected chi connectivity index (χ4v) is 3.63. The largest absolute Gasteiger partial charge is 0.375 e. The molecule has 116 valence electrons. The number of fused-ring (bicyclic) bond motifs is 1. The first kappa shape index (κ1) is 14.6. The van der Waals surface area contributed by atoms with E-state index in [2.05, 4.69) is 15.0 Å². The molecule has 1 aliphatic rings. The predicted molar refractivity (Wildman–Crippen MR) is 82.7 cm³/mol. The van der Waals surface area contributed by atoms with Gasteiger partial charge in [0.1, 0.15) is 5.82 Å². The van der Waals surface area contributed by atoms with E-state index in [4.69, 9.17) is 0 Å². The fourth-order valence-electron chi connectivity index (χ4n) is 2.65. The molecule has 1 aliphatic heterocycles. The van der Waals surface area contributed by atoms with Crippen molar-refractivity contribution in [1.29, 1.82) is 0 Å². The van der Waals surface area contributed by atoms with Crippen LogP contribution in [0.1, 0.15) is 21.4 Å². The second-order valence-corrected chi connectivity index (χ2v) is 6.46. The predicted octanol–water partition coefficient (Wildman–Crippen LogP) is 1.36. The van der Waals surface area contributed by atoms with Crippen LogP contribution >= 0.6 is 11.3 Å². The molecule has 1 N–H and O–H groups in total. The molecule has 0 amide bonds. The minimum Gasteiger partial charge on any atom is -0.350 e. The van der Waals surface area contributed by atoms with Gasteiger partial charge >= 0.3 is 11.2 Å². The third kappa shape index (κ3) is 2.59. The molecule has 2 aromatic rings. The van der Waals surface area contributed by atoms with E-state index in [-0.39, 0.29) is 5.82 Å². The maximum absolute atomic E-state index is 11.9. The van der Waals surface area contributed by atoms with Crippen LogP contribution in [0.15, 0.2) is 4.79 Å². The first-order valence-corrected chi connectivity index (χ1v) is 7.73. The Kier molecular flexibility index (Phi) is 3.65. The third-order valence-corrected chi connectivity index (χ3v) is 4.66. The second kappa shape index (κ2) is 5.48. The highest BCUT2D eigenvalue weighted by Gasteiger charge is 2.28. The number of nitro groups is 1. The average molecular weight is 321 g/mol. The van der Waals surface area contributed by atoms with Crippen molar-refractivity contribution in [1.82, 2.24) is 15.0 Å². The number of aromatic nitrogens is 3. The maximum Gasteiger partial charge on any atom is 0.375 e. The number of thiazole rings is 1. The molecule has 0 spiro atoms. The summed E-state index contributed by atoms with van der Waals surface area (Å²) in [5, 5.41) is 12.2. The van der Waals surface area contributed by atoms with E-state index in [1.165, 1.54) is 4.88 Å². The number of anilines is 1. The number of hydrogen-bond acceptors (Lipinski definition) is 7. The lowest BCUT2D eigenvalue weighted by molar-refractivity contribution is -0.385. The van der Waals surface area contributed by atoms with E-state index in [9.17, 15) is 14.9 Å². The highest BCUT2D eigenvalue weighted by atomic mass is 32.1. The Balaban J connectivity index is 1.97. The van der Waals surface area contributed by atoms with Gasteiger partial charge in [-0.3, -0.25) is 14.9 Å². The van der Waals surface area contributed by atoms with E-state index in [1.807, 2.05) is 11.8 Å². The summed E-state index contributed by atoms with van der Waals surface area (Å²) in [7, 11) is 0. The minimum atomic E-state index is -0.708. The first-order valence-electron chi connectivity index (χ1n) is 6.91. The molecule has 22 heavy (non-hydrogen) atoms. The lowest BCUT2D eigenvalue weighted by Crippen LogP contribution is -2.30. The number of nitrogens with zero attached hydrogens (tertiary/aromatic N) is 4. The third-order valence-electron chi connectivity index (χ3n) is 3.59. The second-order valence-electron chi connectivity index (χ2n) is 5.17. The lowest BCUT2D eigenvalue weighted by atomic mass is 10.2. The number of H-pyrrole nitrogens is 1. The summed E-state index contributed by atoms with van der Waals surface area (Å²) in [4.78, 5) is 36.5. The van der Waals surface area contributed by atoms with Gasteiger partial charge in [-0.25, -0.2) is 9.97 Å². The zero-order valence-electron chi connectivity index (χ0n) is 12.3. The zero-order chi connectivity index (χ0) is 15.9. The number of aromatic amines is 1. The fraction of sp³-hybridized carbons (Fsp3) is 0.462. The van der Waals surface area contributed by atoms with Crippen LogP contribution in [0, 0.1) is 24.0 Å². The quantitative estimate of drug-likeness (QED) is 0.661. The van der Waals surface area contributed by atoms with Crippen molar-refractivity contribution in [3.8, 4) is 0 Å². The Morgan fingerprint density at radius 2 is 2.00 bits per heavy atom. The molecule has 0 fully saturated rings. The molecule has 0 saturated heterocycles. The first-order chi connectivity index (χ1) is 10.5. The Bertz CT molecular complexity index is 772. The van der Waals surface area contributed by atoms with Crippen LogP contribution in [0.3, 0.4) is 0 Å². The van der Waals surface area contributed by atoms with Gasteiger partial charge in [0.05, 0.1) is 15.6 Å². The smallest absolute Gasteiger partial charge is 0.350 e. The molecular weight excluding hydrogens is 306 g/mol. The molecule has 2 aromatic heterocycles. The van der Waals surface area contributed by atoms with Gasteiger partial charge in [-0.2, -0.15) is 0 Å². The van der Waals surface area contributed by atoms with Gasteiger partial charge in [-0.05, 0) is 13.8 Å². The van der Waals surface area contributed by atoms with E-state index in [0.29, 0.717) is 25.3 Å². The molecule has 3 heterocycles. The number of hydrogen-bond donors (Lipinski definition) is 1. The molecule has 3 rings (SSSR count). The van der Waals surface area contributed by atoms with Crippen LogP contribution in [-0.4, -0.2) is 33.0 Å². The van der Waals surface area contributed by atoms with Gasteiger partial charge < -0.3 is 9.88 Å². The normalized spacial score (nSPS) is 14.5. The maximum atomic E-state index is 11.9. The summed E-state index contributed by atoms with van der Waals surface area (Å²) in [5.41, 5.74) is -0.144. The highest BCUT2D eigenvalue weighted by Crippen LogP contribution is 2.27. The summed E-state index contributed by atoms with van der Waals surface area (Å²) in [6.45, 7) is 4.75.